The molecule has 0 aliphatic carbocycles. The molecule has 0 spiro atoms. The van der Waals surface area contributed by atoms with Crippen molar-refractivity contribution in [1.82, 2.24) is 5.32 Å². The number of aliphatic carboxylic acids is 1. The normalized spacial score (nSPS) is 17.0. The standard InChI is InChI=1S/C21H19Cl2N3O5S/c1-2-30-17-7-12(10-24-26-21-25-20(29)18(32-21)9-19(27)28)3-6-16(17)31-11-13-4-5-14(22)8-15(13)23/h3-8,10,18H,2,9,11H2,1H3,(H,27,28)(H,25,26,29)/b24-10-/t18-/m1/s1. The summed E-state index contributed by atoms with van der Waals surface area (Å²) in [5, 5.41) is 19.9. The highest BCUT2D eigenvalue weighted by atomic mass is 35.5. The fraction of sp³-hybridized carbons (Fsp3) is 0.238. The number of benzene rings is 2. The predicted octanol–water partition coefficient (Wildman–Crippen LogP) is 4.37. The van der Waals surface area contributed by atoms with E-state index < -0.39 is 17.1 Å². The second-order valence-electron chi connectivity index (χ2n) is 6.51. The smallest absolute Gasteiger partial charge is 0.305 e. The summed E-state index contributed by atoms with van der Waals surface area (Å²) in [5.74, 6) is -0.380. The summed E-state index contributed by atoms with van der Waals surface area (Å²) >= 11 is 13.1. The van der Waals surface area contributed by atoms with Crippen molar-refractivity contribution in [3.8, 4) is 11.5 Å². The molecule has 0 radical (unpaired) electrons. The molecule has 168 valence electrons. The molecule has 0 aromatic heterocycles. The Morgan fingerprint density at radius 3 is 2.75 bits per heavy atom. The lowest BCUT2D eigenvalue weighted by Gasteiger charge is -2.13. The van der Waals surface area contributed by atoms with Crippen LogP contribution in [0.3, 0.4) is 0 Å². The van der Waals surface area contributed by atoms with Crippen molar-refractivity contribution in [1.29, 1.82) is 0 Å². The Bertz CT molecular complexity index is 1080. The van der Waals surface area contributed by atoms with Crippen molar-refractivity contribution in [3.63, 3.8) is 0 Å². The number of ether oxygens (including phenoxy) is 2. The van der Waals surface area contributed by atoms with Crippen LogP contribution in [0.1, 0.15) is 24.5 Å². The average molecular weight is 496 g/mol. The number of nitrogens with one attached hydrogen (secondary N) is 1. The van der Waals surface area contributed by atoms with Crippen LogP contribution in [0.2, 0.25) is 10.0 Å². The van der Waals surface area contributed by atoms with Gasteiger partial charge < -0.3 is 19.9 Å². The monoisotopic (exact) mass is 495 g/mol. The zero-order valence-electron chi connectivity index (χ0n) is 16.9. The maximum atomic E-state index is 11.7. The van der Waals surface area contributed by atoms with Crippen LogP contribution < -0.4 is 14.8 Å². The minimum Gasteiger partial charge on any atom is -0.490 e. The minimum atomic E-state index is -1.05. The van der Waals surface area contributed by atoms with Gasteiger partial charge in [0.05, 0.1) is 19.2 Å². The molecular formula is C21H19Cl2N3O5S. The summed E-state index contributed by atoms with van der Waals surface area (Å²) in [6, 6.07) is 10.5. The number of carbonyl (C=O) groups excluding carboxylic acids is 1. The van der Waals surface area contributed by atoms with Gasteiger partial charge >= 0.3 is 5.97 Å². The molecule has 2 N–H and O–H groups in total. The molecule has 1 amide bonds. The van der Waals surface area contributed by atoms with E-state index in [1.54, 1.807) is 36.4 Å². The molecule has 0 saturated carbocycles. The second-order valence-corrected chi connectivity index (χ2v) is 8.54. The van der Waals surface area contributed by atoms with E-state index in [-0.39, 0.29) is 18.2 Å². The van der Waals surface area contributed by atoms with Crippen LogP contribution in [-0.4, -0.2) is 40.2 Å². The van der Waals surface area contributed by atoms with Gasteiger partial charge in [0, 0.05) is 15.6 Å². The highest BCUT2D eigenvalue weighted by molar-refractivity contribution is 8.15. The van der Waals surface area contributed by atoms with Crippen LogP contribution >= 0.6 is 35.0 Å². The van der Waals surface area contributed by atoms with Crippen LogP contribution in [0.15, 0.2) is 46.6 Å². The van der Waals surface area contributed by atoms with Gasteiger partial charge in [-0.3, -0.25) is 9.59 Å². The van der Waals surface area contributed by atoms with Gasteiger partial charge in [0.1, 0.15) is 11.9 Å². The molecule has 32 heavy (non-hydrogen) atoms. The molecule has 11 heteroatoms. The number of carboxylic acids is 1. The molecule has 8 nitrogen and oxygen atoms in total. The molecule has 2 aromatic rings. The molecule has 1 aliphatic rings. The van der Waals surface area contributed by atoms with Gasteiger partial charge in [0.25, 0.3) is 0 Å². The number of hydrogen-bond acceptors (Lipinski definition) is 7. The SMILES string of the molecule is CCOc1cc(/C=N\N=C2\NC(=O)[C@@H](CC(=O)O)S2)ccc1OCc1ccc(Cl)cc1Cl. The summed E-state index contributed by atoms with van der Waals surface area (Å²) in [7, 11) is 0. The first-order valence-corrected chi connectivity index (χ1v) is 11.1. The lowest BCUT2D eigenvalue weighted by Crippen LogP contribution is -2.26. The Balaban J connectivity index is 1.67. The zero-order chi connectivity index (χ0) is 23.1. The van der Waals surface area contributed by atoms with Crippen LogP contribution in [0, 0.1) is 0 Å². The Morgan fingerprint density at radius 2 is 2.03 bits per heavy atom. The molecule has 1 fully saturated rings. The topological polar surface area (TPSA) is 110 Å². The Kier molecular flexibility index (Phi) is 8.38. The van der Waals surface area contributed by atoms with E-state index in [1.165, 1.54) is 6.21 Å². The molecule has 2 aromatic carbocycles. The van der Waals surface area contributed by atoms with Gasteiger partial charge in [-0.1, -0.05) is 41.0 Å². The highest BCUT2D eigenvalue weighted by Gasteiger charge is 2.32. The molecule has 1 atom stereocenters. The largest absolute Gasteiger partial charge is 0.490 e. The molecule has 1 aliphatic heterocycles. The van der Waals surface area contributed by atoms with Gasteiger partial charge in [-0.2, -0.15) is 5.10 Å². The third-order valence-electron chi connectivity index (χ3n) is 4.16. The summed E-state index contributed by atoms with van der Waals surface area (Å²) < 4.78 is 11.5. The first-order valence-electron chi connectivity index (χ1n) is 9.49. The van der Waals surface area contributed by atoms with E-state index in [4.69, 9.17) is 37.8 Å². The number of amides is 1. The zero-order valence-corrected chi connectivity index (χ0v) is 19.2. The molecule has 1 saturated heterocycles. The summed E-state index contributed by atoms with van der Waals surface area (Å²) in [6.07, 6.45) is 1.21. The molecule has 1 heterocycles. The van der Waals surface area contributed by atoms with Gasteiger partial charge in [0.2, 0.25) is 5.91 Å². The predicted molar refractivity (Wildman–Crippen MR) is 125 cm³/mol. The number of rotatable bonds is 9. The summed E-state index contributed by atoms with van der Waals surface area (Å²) in [5.41, 5.74) is 1.49. The van der Waals surface area contributed by atoms with E-state index in [2.05, 4.69) is 15.5 Å². The van der Waals surface area contributed by atoms with E-state index >= 15 is 0 Å². The third kappa shape index (κ3) is 6.62. The number of amidine groups is 1. The first kappa shape index (κ1) is 23.9. The van der Waals surface area contributed by atoms with E-state index in [9.17, 15) is 9.59 Å². The van der Waals surface area contributed by atoms with Crippen molar-refractivity contribution in [2.45, 2.75) is 25.2 Å². The van der Waals surface area contributed by atoms with Crippen LogP contribution in [0.5, 0.6) is 11.5 Å². The van der Waals surface area contributed by atoms with Crippen molar-refractivity contribution in [3.05, 3.63) is 57.6 Å². The lowest BCUT2D eigenvalue weighted by atomic mass is 10.2. The number of carboxylic acid groups (broad SMARTS) is 1. The van der Waals surface area contributed by atoms with Gasteiger partial charge in [0.15, 0.2) is 16.7 Å². The maximum Gasteiger partial charge on any atom is 0.305 e. The average Bonchev–Trinajstić information content (AvgIpc) is 3.07. The van der Waals surface area contributed by atoms with E-state index in [1.807, 2.05) is 6.92 Å². The van der Waals surface area contributed by atoms with Crippen molar-refractivity contribution >= 4 is 58.2 Å². The molecule has 3 rings (SSSR count). The molecular weight excluding hydrogens is 477 g/mol. The Labute approximate surface area is 198 Å². The fourth-order valence-corrected chi connectivity index (χ4v) is 4.06. The van der Waals surface area contributed by atoms with Gasteiger partial charge in [-0.25, -0.2) is 0 Å². The summed E-state index contributed by atoms with van der Waals surface area (Å²) in [6.45, 7) is 2.54. The number of thioether (sulfide) groups is 1. The van der Waals surface area contributed by atoms with E-state index in [0.29, 0.717) is 33.7 Å². The lowest BCUT2D eigenvalue weighted by molar-refractivity contribution is -0.138. The fourth-order valence-electron chi connectivity index (χ4n) is 2.68. The van der Waals surface area contributed by atoms with Crippen molar-refractivity contribution in [2.75, 3.05) is 6.61 Å². The molecule has 0 bridgehead atoms. The van der Waals surface area contributed by atoms with Gasteiger partial charge in [-0.15, -0.1) is 5.10 Å². The second kappa shape index (κ2) is 11.2. The highest BCUT2D eigenvalue weighted by Crippen LogP contribution is 2.30. The minimum absolute atomic E-state index is 0.242. The van der Waals surface area contributed by atoms with Crippen LogP contribution in [0.25, 0.3) is 0 Å². The number of nitrogens with zero attached hydrogens (tertiary/aromatic N) is 2. The van der Waals surface area contributed by atoms with Gasteiger partial charge in [-0.05, 0) is 42.8 Å². The van der Waals surface area contributed by atoms with Crippen LogP contribution in [0.4, 0.5) is 0 Å². The quantitative estimate of drug-likeness (QED) is 0.394. The van der Waals surface area contributed by atoms with Crippen LogP contribution in [-0.2, 0) is 16.2 Å². The molecule has 0 unspecified atom stereocenters. The number of hydrogen-bond donors (Lipinski definition) is 2. The number of carbonyl (C=O) groups is 2. The first-order chi connectivity index (χ1) is 15.4. The Hall–Kier alpha value is -2.75. The maximum absolute atomic E-state index is 11.7. The Morgan fingerprint density at radius 1 is 1.22 bits per heavy atom. The summed E-state index contributed by atoms with van der Waals surface area (Å²) in [4.78, 5) is 22.5. The third-order valence-corrected chi connectivity index (χ3v) is 5.82. The van der Waals surface area contributed by atoms with E-state index in [0.717, 1.165) is 17.3 Å². The number of halogens is 2. The van der Waals surface area contributed by atoms with Crippen molar-refractivity contribution < 1.29 is 24.2 Å². The van der Waals surface area contributed by atoms with Crippen molar-refractivity contribution in [2.24, 2.45) is 10.2 Å².